The Labute approximate surface area is 225 Å². The lowest BCUT2D eigenvalue weighted by Crippen LogP contribution is -2.55. The summed E-state index contributed by atoms with van der Waals surface area (Å²) in [6, 6.07) is 7.33. The molecule has 210 valence electrons. The van der Waals surface area contributed by atoms with Gasteiger partial charge in [0.2, 0.25) is 0 Å². The molecule has 1 aliphatic rings. The Morgan fingerprint density at radius 3 is 1.92 bits per heavy atom. The lowest BCUT2D eigenvalue weighted by atomic mass is 9.86. The number of carbonyl (C=O) groups is 3. The average Bonchev–Trinajstić information content (AvgIpc) is 3.15. The third-order valence-corrected chi connectivity index (χ3v) is 5.82. The van der Waals surface area contributed by atoms with Crippen LogP contribution in [-0.4, -0.2) is 69.0 Å². The van der Waals surface area contributed by atoms with Crippen molar-refractivity contribution in [2.45, 2.75) is 97.5 Å². The first-order valence-corrected chi connectivity index (χ1v) is 13.1. The van der Waals surface area contributed by atoms with Crippen molar-refractivity contribution < 1.29 is 28.6 Å². The summed E-state index contributed by atoms with van der Waals surface area (Å²) >= 11 is 0. The number of aromatic nitrogens is 2. The van der Waals surface area contributed by atoms with Gasteiger partial charge < -0.3 is 19.1 Å². The third-order valence-electron chi connectivity index (χ3n) is 5.82. The second-order valence-electron chi connectivity index (χ2n) is 12.7. The number of carbonyl (C=O) groups excluding carboxylic acids is 3. The molecular formula is C28H42N4O6. The maximum Gasteiger partial charge on any atom is 0.420 e. The minimum absolute atomic E-state index is 0.0960. The molecule has 1 amide bonds. The van der Waals surface area contributed by atoms with Crippen LogP contribution in [0.15, 0.2) is 24.3 Å². The van der Waals surface area contributed by atoms with Crippen molar-refractivity contribution >= 4 is 29.2 Å². The molecule has 0 saturated carbocycles. The van der Waals surface area contributed by atoms with E-state index < -0.39 is 40.5 Å². The highest BCUT2D eigenvalue weighted by molar-refractivity contribution is 5.88. The highest BCUT2D eigenvalue weighted by atomic mass is 16.6. The largest absolute Gasteiger partial charge is 0.459 e. The summed E-state index contributed by atoms with van der Waals surface area (Å²) in [6.07, 6.45) is -0.185. The van der Waals surface area contributed by atoms with Crippen molar-refractivity contribution in [1.82, 2.24) is 19.8 Å². The first-order valence-electron chi connectivity index (χ1n) is 13.1. The minimum atomic E-state index is -0.911. The van der Waals surface area contributed by atoms with Gasteiger partial charge in [-0.1, -0.05) is 12.1 Å². The van der Waals surface area contributed by atoms with Gasteiger partial charge in [-0.25, -0.2) is 19.1 Å². The minimum Gasteiger partial charge on any atom is -0.459 e. The normalized spacial score (nSPS) is 16.3. The van der Waals surface area contributed by atoms with Crippen LogP contribution in [0.4, 0.5) is 9.59 Å². The van der Waals surface area contributed by atoms with Gasteiger partial charge in [0.1, 0.15) is 22.6 Å². The summed E-state index contributed by atoms with van der Waals surface area (Å²) in [7, 11) is 0. The van der Waals surface area contributed by atoms with Crippen molar-refractivity contribution in [3.8, 4) is 0 Å². The van der Waals surface area contributed by atoms with Gasteiger partial charge in [-0.05, 0) is 87.3 Å². The molecule has 10 nitrogen and oxygen atoms in total. The number of likely N-dealkylation sites (tertiary alicyclic amines) is 1. The lowest BCUT2D eigenvalue weighted by molar-refractivity contribution is -0.154. The molecule has 3 rings (SSSR count). The molecule has 0 bridgehead atoms. The highest BCUT2D eigenvalue weighted by Gasteiger charge is 2.44. The zero-order chi connectivity index (χ0) is 28.5. The predicted octanol–water partition coefficient (Wildman–Crippen LogP) is 4.98. The fourth-order valence-corrected chi connectivity index (χ4v) is 4.34. The number of benzene rings is 1. The Bertz CT molecular complexity index is 1170. The van der Waals surface area contributed by atoms with E-state index in [9.17, 15) is 14.4 Å². The van der Waals surface area contributed by atoms with Gasteiger partial charge in [0, 0.05) is 13.1 Å². The number of esters is 1. The summed E-state index contributed by atoms with van der Waals surface area (Å²) in [5, 5.41) is 3.36. The molecule has 0 spiro atoms. The monoisotopic (exact) mass is 530 g/mol. The Morgan fingerprint density at radius 2 is 1.37 bits per heavy atom. The average molecular weight is 531 g/mol. The van der Waals surface area contributed by atoms with Crippen LogP contribution in [0, 0.1) is 0 Å². The molecule has 0 atom stereocenters. The van der Waals surface area contributed by atoms with E-state index >= 15 is 0 Å². The topological polar surface area (TPSA) is 112 Å². The van der Waals surface area contributed by atoms with E-state index in [-0.39, 0.29) is 6.54 Å². The molecule has 1 aromatic heterocycles. The fourth-order valence-electron chi connectivity index (χ4n) is 4.34. The van der Waals surface area contributed by atoms with Gasteiger partial charge >= 0.3 is 18.2 Å². The Balaban J connectivity index is 2.02. The second kappa shape index (κ2) is 10.6. The van der Waals surface area contributed by atoms with Crippen molar-refractivity contribution in [3.05, 3.63) is 30.1 Å². The van der Waals surface area contributed by atoms with Crippen molar-refractivity contribution in [3.63, 3.8) is 0 Å². The molecule has 1 saturated heterocycles. The van der Waals surface area contributed by atoms with Crippen LogP contribution in [0.1, 0.15) is 81.0 Å². The second-order valence-corrected chi connectivity index (χ2v) is 12.7. The Kier molecular flexibility index (Phi) is 8.17. The number of nitrogens with zero attached hydrogens (tertiary/aromatic N) is 3. The molecule has 38 heavy (non-hydrogen) atoms. The zero-order valence-electron chi connectivity index (χ0n) is 24.1. The molecule has 1 aromatic carbocycles. The highest BCUT2D eigenvalue weighted by Crippen LogP contribution is 2.35. The lowest BCUT2D eigenvalue weighted by Gasteiger charge is -2.42. The molecule has 1 N–H and O–H groups in total. The number of amides is 1. The molecule has 1 aliphatic heterocycles. The summed E-state index contributed by atoms with van der Waals surface area (Å²) in [5.74, 6) is 0.00623. The van der Waals surface area contributed by atoms with E-state index in [1.807, 2.05) is 65.8 Å². The number of imidazole rings is 1. The number of fused-ring (bicyclic) bond motifs is 1. The van der Waals surface area contributed by atoms with E-state index in [4.69, 9.17) is 19.2 Å². The van der Waals surface area contributed by atoms with Gasteiger partial charge in [-0.3, -0.25) is 10.1 Å². The van der Waals surface area contributed by atoms with Crippen LogP contribution in [0.2, 0.25) is 0 Å². The molecule has 0 radical (unpaired) electrons. The molecule has 0 aliphatic carbocycles. The fraction of sp³-hybridized carbons (Fsp3) is 0.643. The van der Waals surface area contributed by atoms with E-state index in [1.165, 1.54) is 4.57 Å². The third kappa shape index (κ3) is 7.46. The summed E-state index contributed by atoms with van der Waals surface area (Å²) in [6.45, 7) is 16.9. The van der Waals surface area contributed by atoms with Crippen molar-refractivity contribution in [2.75, 3.05) is 19.6 Å². The first kappa shape index (κ1) is 29.4. The van der Waals surface area contributed by atoms with Crippen LogP contribution in [0.3, 0.4) is 0 Å². The number of piperidine rings is 1. The maximum absolute atomic E-state index is 13.5. The summed E-state index contributed by atoms with van der Waals surface area (Å²) < 4.78 is 18.3. The van der Waals surface area contributed by atoms with Crippen LogP contribution in [0.5, 0.6) is 0 Å². The number of hydrogen-bond donors (Lipinski definition) is 1. The van der Waals surface area contributed by atoms with Crippen LogP contribution < -0.4 is 5.32 Å². The molecule has 0 unspecified atom stereocenters. The van der Waals surface area contributed by atoms with E-state index in [1.54, 1.807) is 25.7 Å². The van der Waals surface area contributed by atoms with Gasteiger partial charge in [0.15, 0.2) is 0 Å². The quantitative estimate of drug-likeness (QED) is 0.435. The number of ether oxygens (including phenoxy) is 3. The standard InChI is InChI=1S/C28H42N4O6/c1-25(2,3)36-21(33)18-29-28(14-16-31(17-15-28)23(34)37-26(4,5)6)22-30-19-12-10-11-13-20(19)32(22)24(35)38-27(7,8)9/h10-13,29H,14-18H2,1-9H3. The predicted molar refractivity (Wildman–Crippen MR) is 144 cm³/mol. The SMILES string of the molecule is CC(C)(C)OC(=O)CNC1(c2nc3ccccc3n2C(=O)OC(C)(C)C)CCN(C(=O)OC(C)(C)C)CC1. The van der Waals surface area contributed by atoms with Gasteiger partial charge in [0.25, 0.3) is 0 Å². The Morgan fingerprint density at radius 1 is 0.842 bits per heavy atom. The number of hydrogen-bond acceptors (Lipinski definition) is 8. The molecule has 1 fully saturated rings. The summed E-state index contributed by atoms with van der Waals surface area (Å²) in [5.41, 5.74) is -1.67. The van der Waals surface area contributed by atoms with Crippen LogP contribution in [0.25, 0.3) is 11.0 Å². The van der Waals surface area contributed by atoms with Crippen molar-refractivity contribution in [2.24, 2.45) is 0 Å². The molecule has 2 heterocycles. The van der Waals surface area contributed by atoms with Gasteiger partial charge in [0.05, 0.1) is 23.1 Å². The number of para-hydroxylation sites is 2. The van der Waals surface area contributed by atoms with E-state index in [0.717, 1.165) is 0 Å². The first-order chi connectivity index (χ1) is 17.4. The number of rotatable bonds is 4. The van der Waals surface area contributed by atoms with Gasteiger partial charge in [-0.15, -0.1) is 0 Å². The van der Waals surface area contributed by atoms with Gasteiger partial charge in [-0.2, -0.15) is 0 Å². The summed E-state index contributed by atoms with van der Waals surface area (Å²) in [4.78, 5) is 45.5. The van der Waals surface area contributed by atoms with E-state index in [0.29, 0.717) is 42.8 Å². The molecule has 2 aromatic rings. The zero-order valence-corrected chi connectivity index (χ0v) is 24.1. The van der Waals surface area contributed by atoms with Crippen LogP contribution >= 0.6 is 0 Å². The number of nitrogens with one attached hydrogen (secondary N) is 1. The molecular weight excluding hydrogens is 488 g/mol. The van der Waals surface area contributed by atoms with E-state index in [2.05, 4.69) is 5.32 Å². The maximum atomic E-state index is 13.5. The van der Waals surface area contributed by atoms with Crippen LogP contribution in [-0.2, 0) is 24.5 Å². The Hall–Kier alpha value is -3.14. The van der Waals surface area contributed by atoms with Crippen molar-refractivity contribution in [1.29, 1.82) is 0 Å². The molecule has 10 heteroatoms. The smallest absolute Gasteiger partial charge is 0.420 e.